The van der Waals surface area contributed by atoms with Gasteiger partial charge in [-0.05, 0) is 50.6 Å². The van der Waals surface area contributed by atoms with Crippen LogP contribution in [0.3, 0.4) is 0 Å². The number of hydrogen-bond donors (Lipinski definition) is 2. The Bertz CT molecular complexity index is 988. The Balaban J connectivity index is 2.02. The normalized spacial score (nSPS) is 24.0. The van der Waals surface area contributed by atoms with Crippen molar-refractivity contribution < 1.29 is 17.9 Å². The maximum absolute atomic E-state index is 13.4. The van der Waals surface area contributed by atoms with Crippen LogP contribution < -0.4 is 11.1 Å². The lowest BCUT2D eigenvalue weighted by atomic mass is 10.1. The fraction of sp³-hybridized carbons (Fsp3) is 0.381. The molecule has 6 nitrogen and oxygen atoms in total. The molecule has 1 aliphatic rings. The van der Waals surface area contributed by atoms with E-state index in [1.165, 1.54) is 24.3 Å². The summed E-state index contributed by atoms with van der Waals surface area (Å²) >= 11 is 5.91. The molecule has 1 aliphatic carbocycles. The average molecular weight is 437 g/mol. The number of benzene rings is 2. The molecule has 2 aromatic rings. The van der Waals surface area contributed by atoms with Crippen molar-refractivity contribution in [2.24, 2.45) is 5.73 Å². The van der Waals surface area contributed by atoms with Crippen molar-refractivity contribution in [2.45, 2.75) is 48.0 Å². The molecule has 0 saturated heterocycles. The van der Waals surface area contributed by atoms with Crippen LogP contribution in [0.15, 0.2) is 59.5 Å². The van der Waals surface area contributed by atoms with Crippen LogP contribution in [0, 0.1) is 0 Å². The number of carbonyl (C=O) groups is 1. The lowest BCUT2D eigenvalue weighted by Crippen LogP contribution is -2.49. The van der Waals surface area contributed by atoms with E-state index in [1.54, 1.807) is 20.8 Å². The number of nitrogens with two attached hydrogens (primary N) is 1. The molecule has 0 spiro atoms. The van der Waals surface area contributed by atoms with Gasteiger partial charge in [-0.25, -0.2) is 13.2 Å². The van der Waals surface area contributed by atoms with E-state index in [0.29, 0.717) is 5.02 Å². The zero-order valence-corrected chi connectivity index (χ0v) is 18.1. The van der Waals surface area contributed by atoms with Crippen molar-refractivity contribution in [2.75, 3.05) is 6.54 Å². The predicted molar refractivity (Wildman–Crippen MR) is 113 cm³/mol. The van der Waals surface area contributed by atoms with Crippen molar-refractivity contribution in [3.05, 3.63) is 65.2 Å². The van der Waals surface area contributed by atoms with E-state index in [4.69, 9.17) is 22.1 Å². The summed E-state index contributed by atoms with van der Waals surface area (Å²) in [5.41, 5.74) is 4.95. The third kappa shape index (κ3) is 4.27. The van der Waals surface area contributed by atoms with Crippen LogP contribution in [0.5, 0.6) is 0 Å². The first kappa shape index (κ1) is 21.6. The highest BCUT2D eigenvalue weighted by Crippen LogP contribution is 2.56. The van der Waals surface area contributed by atoms with E-state index in [0.717, 1.165) is 5.56 Å². The maximum Gasteiger partial charge on any atom is 0.408 e. The summed E-state index contributed by atoms with van der Waals surface area (Å²) in [5, 5.41) is 2.29. The van der Waals surface area contributed by atoms with E-state index in [2.05, 4.69) is 5.32 Å². The lowest BCUT2D eigenvalue weighted by Gasteiger charge is -2.24. The number of amides is 1. The van der Waals surface area contributed by atoms with Crippen molar-refractivity contribution in [1.29, 1.82) is 0 Å². The minimum absolute atomic E-state index is 0.0523. The fourth-order valence-corrected chi connectivity index (χ4v) is 6.17. The van der Waals surface area contributed by atoms with Gasteiger partial charge in [0.25, 0.3) is 0 Å². The van der Waals surface area contributed by atoms with Gasteiger partial charge in [0, 0.05) is 17.5 Å². The van der Waals surface area contributed by atoms with Gasteiger partial charge in [0.05, 0.1) is 10.4 Å². The summed E-state index contributed by atoms with van der Waals surface area (Å²) in [7, 11) is -3.80. The van der Waals surface area contributed by atoms with Gasteiger partial charge in [0.1, 0.15) is 10.9 Å². The standard InChI is InChI=1S/C21H25ClN2O4S/c1-20(2,3)28-19(25)24-21(13-23)17(14-7-5-4-6-8-14)18(21)29(26,27)16-11-9-15(22)10-12-16/h4-12,17-18H,13,23H2,1-3H3,(H,24,25)/t17-,18+,21+/m0/s1. The first-order chi connectivity index (χ1) is 13.5. The zero-order valence-electron chi connectivity index (χ0n) is 16.6. The number of ether oxygens (including phenoxy) is 1. The molecule has 29 heavy (non-hydrogen) atoms. The Morgan fingerprint density at radius 1 is 1.14 bits per heavy atom. The first-order valence-corrected chi connectivity index (χ1v) is 11.2. The molecule has 2 aromatic carbocycles. The minimum Gasteiger partial charge on any atom is -0.444 e. The zero-order chi connectivity index (χ0) is 21.4. The number of hydrogen-bond acceptors (Lipinski definition) is 5. The van der Waals surface area contributed by atoms with Gasteiger partial charge in [-0.1, -0.05) is 41.9 Å². The average Bonchev–Trinajstić information content (AvgIpc) is 3.30. The molecular weight excluding hydrogens is 412 g/mol. The lowest BCUT2D eigenvalue weighted by molar-refractivity contribution is 0.0497. The summed E-state index contributed by atoms with van der Waals surface area (Å²) in [5.74, 6) is -0.498. The van der Waals surface area contributed by atoms with Crippen LogP contribution in [-0.2, 0) is 14.6 Å². The van der Waals surface area contributed by atoms with Crippen LogP contribution in [0.25, 0.3) is 0 Å². The van der Waals surface area contributed by atoms with Crippen LogP contribution in [-0.4, -0.2) is 37.4 Å². The second-order valence-corrected chi connectivity index (χ2v) is 10.7. The maximum atomic E-state index is 13.4. The van der Waals surface area contributed by atoms with Gasteiger partial charge in [-0.15, -0.1) is 0 Å². The molecule has 0 unspecified atom stereocenters. The molecule has 0 aliphatic heterocycles. The topological polar surface area (TPSA) is 98.5 Å². The predicted octanol–water partition coefficient (Wildman–Crippen LogP) is 3.50. The summed E-state index contributed by atoms with van der Waals surface area (Å²) in [6.45, 7) is 5.17. The molecule has 8 heteroatoms. The summed E-state index contributed by atoms with van der Waals surface area (Å²) in [4.78, 5) is 12.6. The highest BCUT2D eigenvalue weighted by Gasteiger charge is 2.71. The molecule has 0 bridgehead atoms. The van der Waals surface area contributed by atoms with E-state index in [-0.39, 0.29) is 11.4 Å². The quantitative estimate of drug-likeness (QED) is 0.747. The smallest absolute Gasteiger partial charge is 0.408 e. The molecule has 3 rings (SSSR count). The van der Waals surface area contributed by atoms with Crippen molar-refractivity contribution in [3.63, 3.8) is 0 Å². The number of halogens is 1. The molecule has 3 N–H and O–H groups in total. The molecule has 1 fully saturated rings. The number of sulfone groups is 1. The van der Waals surface area contributed by atoms with Gasteiger partial charge >= 0.3 is 6.09 Å². The summed E-state index contributed by atoms with van der Waals surface area (Å²) in [6, 6.07) is 15.2. The highest BCUT2D eigenvalue weighted by molar-refractivity contribution is 7.92. The Morgan fingerprint density at radius 3 is 2.24 bits per heavy atom. The second-order valence-electron chi connectivity index (χ2n) is 8.18. The fourth-order valence-electron chi connectivity index (χ4n) is 3.70. The van der Waals surface area contributed by atoms with E-state index < -0.39 is 38.2 Å². The first-order valence-electron chi connectivity index (χ1n) is 9.27. The van der Waals surface area contributed by atoms with E-state index >= 15 is 0 Å². The van der Waals surface area contributed by atoms with Crippen molar-refractivity contribution >= 4 is 27.5 Å². The van der Waals surface area contributed by atoms with Crippen LogP contribution >= 0.6 is 11.6 Å². The summed E-state index contributed by atoms with van der Waals surface area (Å²) in [6.07, 6.45) is -0.697. The van der Waals surface area contributed by atoms with Crippen LogP contribution in [0.2, 0.25) is 5.02 Å². The number of carbonyl (C=O) groups excluding carboxylic acids is 1. The third-order valence-electron chi connectivity index (χ3n) is 4.96. The monoisotopic (exact) mass is 436 g/mol. The Morgan fingerprint density at radius 2 is 1.72 bits per heavy atom. The number of rotatable bonds is 5. The Kier molecular flexibility index (Phi) is 5.69. The molecule has 0 radical (unpaired) electrons. The SMILES string of the molecule is CC(C)(C)OC(=O)N[C@@]1(CN)[C@H](S(=O)(=O)c2ccc(Cl)cc2)[C@@H]1c1ccccc1. The molecule has 1 amide bonds. The Hall–Kier alpha value is -2.09. The minimum atomic E-state index is -3.80. The van der Waals surface area contributed by atoms with Gasteiger partial charge < -0.3 is 15.8 Å². The molecule has 156 valence electrons. The van der Waals surface area contributed by atoms with Crippen molar-refractivity contribution in [3.8, 4) is 0 Å². The van der Waals surface area contributed by atoms with Gasteiger partial charge in [-0.2, -0.15) is 0 Å². The number of nitrogens with one attached hydrogen (secondary N) is 1. The third-order valence-corrected chi connectivity index (χ3v) is 7.51. The molecule has 0 aromatic heterocycles. The van der Waals surface area contributed by atoms with E-state index in [1.807, 2.05) is 30.3 Å². The molecular formula is C21H25ClN2O4S. The molecule has 1 saturated carbocycles. The van der Waals surface area contributed by atoms with Crippen molar-refractivity contribution in [1.82, 2.24) is 5.32 Å². The number of alkyl carbamates (subject to hydrolysis) is 1. The van der Waals surface area contributed by atoms with E-state index in [9.17, 15) is 13.2 Å². The second kappa shape index (κ2) is 7.63. The largest absolute Gasteiger partial charge is 0.444 e. The summed E-state index contributed by atoms with van der Waals surface area (Å²) < 4.78 is 32.2. The molecule has 3 atom stereocenters. The van der Waals surface area contributed by atoms with Crippen LogP contribution in [0.4, 0.5) is 4.79 Å². The van der Waals surface area contributed by atoms with Gasteiger partial charge in [0.15, 0.2) is 9.84 Å². The highest BCUT2D eigenvalue weighted by atomic mass is 35.5. The molecule has 0 heterocycles. The Labute approximate surface area is 176 Å². The van der Waals surface area contributed by atoms with Crippen LogP contribution in [0.1, 0.15) is 32.3 Å². The van der Waals surface area contributed by atoms with Gasteiger partial charge in [0.2, 0.25) is 0 Å². The van der Waals surface area contributed by atoms with Gasteiger partial charge in [-0.3, -0.25) is 0 Å².